The standard InChI is InChI=1S/C13H19N3O/c1-16(2)11-7-5-10(6-8-11)15-13(17)12-4-3-9-14-12/h5-8,12,14H,3-4,9H2,1-2H3,(H,15,17). The van der Waals surface area contributed by atoms with Gasteiger partial charge in [-0.15, -0.1) is 0 Å². The quantitative estimate of drug-likeness (QED) is 0.830. The number of nitrogens with zero attached hydrogens (tertiary/aromatic N) is 1. The maximum Gasteiger partial charge on any atom is 0.241 e. The van der Waals surface area contributed by atoms with Crippen LogP contribution in [-0.4, -0.2) is 32.6 Å². The van der Waals surface area contributed by atoms with E-state index in [1.807, 2.05) is 43.3 Å². The van der Waals surface area contributed by atoms with E-state index in [0.717, 1.165) is 30.8 Å². The molecule has 17 heavy (non-hydrogen) atoms. The largest absolute Gasteiger partial charge is 0.378 e. The van der Waals surface area contributed by atoms with Crippen LogP contribution in [0.25, 0.3) is 0 Å². The lowest BCUT2D eigenvalue weighted by atomic mass is 10.2. The first-order valence-corrected chi connectivity index (χ1v) is 5.98. The average Bonchev–Trinajstić information content (AvgIpc) is 2.83. The summed E-state index contributed by atoms with van der Waals surface area (Å²) in [5.74, 6) is 0.0695. The third kappa shape index (κ3) is 2.97. The summed E-state index contributed by atoms with van der Waals surface area (Å²) in [6.45, 7) is 0.942. The summed E-state index contributed by atoms with van der Waals surface area (Å²) in [5.41, 5.74) is 1.98. The topological polar surface area (TPSA) is 44.4 Å². The fourth-order valence-electron chi connectivity index (χ4n) is 1.98. The summed E-state index contributed by atoms with van der Waals surface area (Å²) in [5, 5.41) is 6.12. The van der Waals surface area contributed by atoms with Crippen LogP contribution in [0.4, 0.5) is 11.4 Å². The van der Waals surface area contributed by atoms with Gasteiger partial charge in [-0.3, -0.25) is 4.79 Å². The lowest BCUT2D eigenvalue weighted by molar-refractivity contribution is -0.117. The monoisotopic (exact) mass is 233 g/mol. The van der Waals surface area contributed by atoms with E-state index in [2.05, 4.69) is 10.6 Å². The molecule has 1 heterocycles. The summed E-state index contributed by atoms with van der Waals surface area (Å²) in [6, 6.07) is 7.84. The van der Waals surface area contributed by atoms with Gasteiger partial charge in [-0.2, -0.15) is 0 Å². The predicted octanol–water partition coefficient (Wildman–Crippen LogP) is 1.44. The highest BCUT2D eigenvalue weighted by Crippen LogP contribution is 2.16. The first kappa shape index (κ1) is 11.9. The van der Waals surface area contributed by atoms with Crippen LogP contribution in [0.3, 0.4) is 0 Å². The van der Waals surface area contributed by atoms with Crippen LogP contribution >= 0.6 is 0 Å². The minimum atomic E-state index is -0.0245. The Morgan fingerprint density at radius 3 is 2.59 bits per heavy atom. The van der Waals surface area contributed by atoms with Gasteiger partial charge in [0.2, 0.25) is 5.91 Å². The van der Waals surface area contributed by atoms with Crippen molar-refractivity contribution < 1.29 is 4.79 Å². The van der Waals surface area contributed by atoms with Crippen LogP contribution in [0.2, 0.25) is 0 Å². The molecule has 1 saturated heterocycles. The van der Waals surface area contributed by atoms with Crippen LogP contribution in [0.5, 0.6) is 0 Å². The van der Waals surface area contributed by atoms with E-state index in [1.165, 1.54) is 0 Å². The number of anilines is 2. The normalized spacial score (nSPS) is 19.1. The zero-order chi connectivity index (χ0) is 12.3. The molecule has 1 unspecified atom stereocenters. The fourth-order valence-corrected chi connectivity index (χ4v) is 1.98. The third-order valence-corrected chi connectivity index (χ3v) is 3.03. The molecule has 0 bridgehead atoms. The number of nitrogens with one attached hydrogen (secondary N) is 2. The SMILES string of the molecule is CN(C)c1ccc(NC(=O)C2CCCN2)cc1. The van der Waals surface area contributed by atoms with E-state index in [4.69, 9.17) is 0 Å². The molecule has 1 fully saturated rings. The maximum atomic E-state index is 11.8. The molecule has 1 amide bonds. The van der Waals surface area contributed by atoms with Crippen molar-refractivity contribution in [3.63, 3.8) is 0 Å². The van der Waals surface area contributed by atoms with E-state index < -0.39 is 0 Å². The van der Waals surface area contributed by atoms with Crippen molar-refractivity contribution in [3.8, 4) is 0 Å². The number of hydrogen-bond acceptors (Lipinski definition) is 3. The molecule has 0 radical (unpaired) electrons. The van der Waals surface area contributed by atoms with E-state index in [0.29, 0.717) is 0 Å². The molecule has 0 saturated carbocycles. The molecule has 92 valence electrons. The van der Waals surface area contributed by atoms with Gasteiger partial charge >= 0.3 is 0 Å². The van der Waals surface area contributed by atoms with Crippen LogP contribution in [0.15, 0.2) is 24.3 Å². The summed E-state index contributed by atoms with van der Waals surface area (Å²) in [4.78, 5) is 13.9. The molecular formula is C13H19N3O. The number of carbonyl (C=O) groups excluding carboxylic acids is 1. The number of amides is 1. The van der Waals surface area contributed by atoms with Crippen molar-refractivity contribution in [2.45, 2.75) is 18.9 Å². The Labute approximate surface area is 102 Å². The van der Waals surface area contributed by atoms with Gasteiger partial charge in [0.1, 0.15) is 0 Å². The Kier molecular flexibility index (Phi) is 3.64. The molecule has 0 aromatic heterocycles. The van der Waals surface area contributed by atoms with Gasteiger partial charge in [-0.05, 0) is 43.7 Å². The highest BCUT2D eigenvalue weighted by atomic mass is 16.2. The van der Waals surface area contributed by atoms with Crippen molar-refractivity contribution in [3.05, 3.63) is 24.3 Å². The van der Waals surface area contributed by atoms with Crippen molar-refractivity contribution in [1.29, 1.82) is 0 Å². The molecule has 1 aromatic carbocycles. The lowest BCUT2D eigenvalue weighted by Gasteiger charge is -2.14. The molecule has 1 aliphatic heterocycles. The summed E-state index contributed by atoms with van der Waals surface area (Å²) in [7, 11) is 3.99. The minimum absolute atomic E-state index is 0.0245. The molecule has 0 aliphatic carbocycles. The van der Waals surface area contributed by atoms with E-state index >= 15 is 0 Å². The second-order valence-corrected chi connectivity index (χ2v) is 4.58. The predicted molar refractivity (Wildman–Crippen MR) is 70.4 cm³/mol. The van der Waals surface area contributed by atoms with E-state index in [-0.39, 0.29) is 11.9 Å². The molecule has 2 rings (SSSR count). The van der Waals surface area contributed by atoms with Gasteiger partial charge < -0.3 is 15.5 Å². The van der Waals surface area contributed by atoms with Crippen molar-refractivity contribution in [1.82, 2.24) is 5.32 Å². The average molecular weight is 233 g/mol. The highest BCUT2D eigenvalue weighted by Gasteiger charge is 2.21. The summed E-state index contributed by atoms with van der Waals surface area (Å²) in [6.07, 6.45) is 2.01. The number of hydrogen-bond donors (Lipinski definition) is 2. The Morgan fingerprint density at radius 1 is 1.35 bits per heavy atom. The fraction of sp³-hybridized carbons (Fsp3) is 0.462. The Hall–Kier alpha value is -1.55. The molecule has 0 spiro atoms. The van der Waals surface area contributed by atoms with Crippen molar-refractivity contribution in [2.75, 3.05) is 30.9 Å². The van der Waals surface area contributed by atoms with Gasteiger partial charge in [-0.25, -0.2) is 0 Å². The Morgan fingerprint density at radius 2 is 2.06 bits per heavy atom. The molecular weight excluding hydrogens is 214 g/mol. The molecule has 1 atom stereocenters. The molecule has 4 nitrogen and oxygen atoms in total. The number of benzene rings is 1. The zero-order valence-corrected chi connectivity index (χ0v) is 10.4. The molecule has 1 aliphatic rings. The second kappa shape index (κ2) is 5.19. The van der Waals surface area contributed by atoms with E-state index in [1.54, 1.807) is 0 Å². The zero-order valence-electron chi connectivity index (χ0n) is 10.4. The second-order valence-electron chi connectivity index (χ2n) is 4.58. The van der Waals surface area contributed by atoms with Crippen molar-refractivity contribution >= 4 is 17.3 Å². The molecule has 4 heteroatoms. The van der Waals surface area contributed by atoms with Crippen LogP contribution in [0, 0.1) is 0 Å². The van der Waals surface area contributed by atoms with Crippen LogP contribution < -0.4 is 15.5 Å². The number of rotatable bonds is 3. The van der Waals surface area contributed by atoms with Gasteiger partial charge in [0.15, 0.2) is 0 Å². The Bertz CT molecular complexity index is 380. The Balaban J connectivity index is 1.96. The van der Waals surface area contributed by atoms with Gasteiger partial charge in [-0.1, -0.05) is 0 Å². The number of carbonyl (C=O) groups is 1. The van der Waals surface area contributed by atoms with Gasteiger partial charge in [0, 0.05) is 25.5 Å². The summed E-state index contributed by atoms with van der Waals surface area (Å²) < 4.78 is 0. The van der Waals surface area contributed by atoms with Gasteiger partial charge in [0.05, 0.1) is 6.04 Å². The summed E-state index contributed by atoms with van der Waals surface area (Å²) >= 11 is 0. The van der Waals surface area contributed by atoms with Gasteiger partial charge in [0.25, 0.3) is 0 Å². The van der Waals surface area contributed by atoms with Crippen LogP contribution in [0.1, 0.15) is 12.8 Å². The van der Waals surface area contributed by atoms with E-state index in [9.17, 15) is 4.79 Å². The van der Waals surface area contributed by atoms with Crippen LogP contribution in [-0.2, 0) is 4.79 Å². The highest BCUT2D eigenvalue weighted by molar-refractivity contribution is 5.95. The molecule has 2 N–H and O–H groups in total. The maximum absolute atomic E-state index is 11.8. The smallest absolute Gasteiger partial charge is 0.241 e. The third-order valence-electron chi connectivity index (χ3n) is 3.03. The minimum Gasteiger partial charge on any atom is -0.378 e. The lowest BCUT2D eigenvalue weighted by Crippen LogP contribution is -2.35. The first-order valence-electron chi connectivity index (χ1n) is 5.98. The van der Waals surface area contributed by atoms with Crippen molar-refractivity contribution in [2.24, 2.45) is 0 Å². The first-order chi connectivity index (χ1) is 8.16. The molecule has 1 aromatic rings.